The van der Waals surface area contributed by atoms with E-state index >= 15 is 0 Å². The van der Waals surface area contributed by atoms with Crippen LogP contribution in [0, 0.1) is 0 Å². The first-order valence-electron chi connectivity index (χ1n) is 9.54. The molecule has 25 heavy (non-hydrogen) atoms. The van der Waals surface area contributed by atoms with Crippen molar-refractivity contribution < 1.29 is 18.9 Å². The first-order valence-corrected chi connectivity index (χ1v) is 9.54. The molecule has 4 unspecified atom stereocenters. The van der Waals surface area contributed by atoms with Gasteiger partial charge in [-0.05, 0) is 13.0 Å². The lowest BCUT2D eigenvalue weighted by atomic mass is 9.92. The summed E-state index contributed by atoms with van der Waals surface area (Å²) < 4.78 is 22.3. The average Bonchev–Trinajstić information content (AvgIpc) is 3.45. The van der Waals surface area contributed by atoms with E-state index in [-0.39, 0.29) is 5.66 Å². The summed E-state index contributed by atoms with van der Waals surface area (Å²) >= 11 is 0. The topological polar surface area (TPSA) is 56.6 Å². The molecule has 0 aromatic heterocycles. The van der Waals surface area contributed by atoms with Crippen molar-refractivity contribution in [2.24, 2.45) is 0 Å². The molecule has 138 valence electrons. The van der Waals surface area contributed by atoms with Crippen LogP contribution in [0.4, 0.5) is 0 Å². The van der Waals surface area contributed by atoms with E-state index in [1.807, 2.05) is 0 Å². The molecule has 5 aliphatic rings. The summed E-state index contributed by atoms with van der Waals surface area (Å²) in [6.45, 7) is 9.56. The number of hydrogen-bond donors (Lipinski definition) is 0. The predicted molar refractivity (Wildman–Crippen MR) is 92.4 cm³/mol. The fraction of sp³-hybridized carbons (Fsp3) is 0.789. The van der Waals surface area contributed by atoms with Gasteiger partial charge in [0, 0.05) is 32.6 Å². The summed E-state index contributed by atoms with van der Waals surface area (Å²) in [5.74, 6) is 0. The van der Waals surface area contributed by atoms with Crippen molar-refractivity contribution in [2.45, 2.75) is 43.4 Å². The lowest BCUT2D eigenvalue weighted by Crippen LogP contribution is -2.63. The van der Waals surface area contributed by atoms with Crippen molar-refractivity contribution in [3.05, 3.63) is 23.8 Å². The maximum absolute atomic E-state index is 5.57. The van der Waals surface area contributed by atoms with Gasteiger partial charge in [0.05, 0.1) is 56.5 Å². The van der Waals surface area contributed by atoms with E-state index in [1.54, 1.807) is 0 Å². The Morgan fingerprint density at radius 3 is 1.52 bits per heavy atom. The quantitative estimate of drug-likeness (QED) is 0.430. The van der Waals surface area contributed by atoms with Crippen LogP contribution < -0.4 is 0 Å². The van der Waals surface area contributed by atoms with Crippen LogP contribution in [0.3, 0.4) is 0 Å². The van der Waals surface area contributed by atoms with Crippen LogP contribution >= 0.6 is 0 Å². The Morgan fingerprint density at radius 1 is 0.840 bits per heavy atom. The molecular weight excluding hydrogens is 320 g/mol. The van der Waals surface area contributed by atoms with Crippen LogP contribution in [0.15, 0.2) is 23.8 Å². The smallest absolute Gasteiger partial charge is 0.0971 e. The van der Waals surface area contributed by atoms with Gasteiger partial charge in [-0.25, -0.2) is 0 Å². The van der Waals surface area contributed by atoms with Crippen LogP contribution in [0.5, 0.6) is 0 Å². The Labute approximate surface area is 149 Å². The van der Waals surface area contributed by atoms with Gasteiger partial charge in [-0.15, -0.1) is 0 Å². The Bertz CT molecular complexity index is 502. The van der Waals surface area contributed by atoms with Crippen molar-refractivity contribution >= 4 is 0 Å². The molecule has 0 radical (unpaired) electrons. The molecule has 4 aliphatic heterocycles. The van der Waals surface area contributed by atoms with Crippen LogP contribution in [-0.4, -0.2) is 92.5 Å². The third kappa shape index (κ3) is 3.99. The number of nitrogens with zero attached hydrogens (tertiary/aromatic N) is 2. The molecule has 4 heterocycles. The molecule has 6 nitrogen and oxygen atoms in total. The maximum atomic E-state index is 5.57. The molecule has 0 N–H and O–H groups in total. The molecule has 1 aliphatic carbocycles. The zero-order valence-corrected chi connectivity index (χ0v) is 14.9. The number of hydrogen-bond acceptors (Lipinski definition) is 6. The number of epoxide rings is 4. The zero-order chi connectivity index (χ0) is 16.9. The van der Waals surface area contributed by atoms with Gasteiger partial charge in [0.2, 0.25) is 0 Å². The second kappa shape index (κ2) is 6.44. The third-order valence-corrected chi connectivity index (χ3v) is 5.74. The van der Waals surface area contributed by atoms with Crippen molar-refractivity contribution in [2.75, 3.05) is 52.6 Å². The van der Waals surface area contributed by atoms with E-state index in [9.17, 15) is 0 Å². The summed E-state index contributed by atoms with van der Waals surface area (Å²) in [7, 11) is 0. The monoisotopic (exact) mass is 348 g/mol. The first-order chi connectivity index (χ1) is 12.2. The predicted octanol–water partition coefficient (Wildman–Crippen LogP) is 0.788. The Kier molecular flexibility index (Phi) is 4.23. The van der Waals surface area contributed by atoms with Gasteiger partial charge in [-0.2, -0.15) is 0 Å². The first kappa shape index (κ1) is 16.4. The second-order valence-corrected chi connectivity index (χ2v) is 8.00. The van der Waals surface area contributed by atoms with Gasteiger partial charge in [-0.1, -0.05) is 17.7 Å². The van der Waals surface area contributed by atoms with E-state index in [0.29, 0.717) is 24.4 Å². The molecule has 4 saturated heterocycles. The molecule has 5 rings (SSSR count). The van der Waals surface area contributed by atoms with Crippen LogP contribution in [0.2, 0.25) is 0 Å². The molecular formula is C19H28N2O4. The van der Waals surface area contributed by atoms with E-state index in [1.165, 1.54) is 5.57 Å². The van der Waals surface area contributed by atoms with Gasteiger partial charge in [0.1, 0.15) is 0 Å². The summed E-state index contributed by atoms with van der Waals surface area (Å²) in [6.07, 6.45) is 9.50. The fourth-order valence-electron chi connectivity index (χ4n) is 3.84. The highest BCUT2D eigenvalue weighted by atomic mass is 16.6. The van der Waals surface area contributed by atoms with E-state index in [0.717, 1.165) is 59.0 Å². The highest BCUT2D eigenvalue weighted by Gasteiger charge is 2.48. The van der Waals surface area contributed by atoms with Crippen LogP contribution in [0.1, 0.15) is 13.3 Å². The SMILES string of the molecule is CC1=CCC(N(CC2CO2)CC2CO2)(N(CC2CO2)CC2CO2)C=C1. The standard InChI is InChI=1S/C19H28N2O4/c1-14-2-4-19(5-3-14,20(6-15-10-22-15)7-16-11-23-16)21(8-17-12-24-17)9-18-13-25-18/h2-4,15-18H,5-13H2,1H3. The maximum Gasteiger partial charge on any atom is 0.0971 e. The van der Waals surface area contributed by atoms with Gasteiger partial charge < -0.3 is 18.9 Å². The highest BCUT2D eigenvalue weighted by Crippen LogP contribution is 2.36. The Hall–Kier alpha value is -0.760. The molecule has 0 bridgehead atoms. The van der Waals surface area contributed by atoms with Gasteiger partial charge in [-0.3, -0.25) is 9.80 Å². The third-order valence-electron chi connectivity index (χ3n) is 5.74. The van der Waals surface area contributed by atoms with Gasteiger partial charge >= 0.3 is 0 Å². The summed E-state index contributed by atoms with van der Waals surface area (Å²) in [6, 6.07) is 0. The van der Waals surface area contributed by atoms with Crippen molar-refractivity contribution in [3.8, 4) is 0 Å². The molecule has 4 fully saturated rings. The fourth-order valence-corrected chi connectivity index (χ4v) is 3.84. The van der Waals surface area contributed by atoms with E-state index < -0.39 is 0 Å². The molecule has 0 aromatic rings. The van der Waals surface area contributed by atoms with Gasteiger partial charge in [0.15, 0.2) is 0 Å². The second-order valence-electron chi connectivity index (χ2n) is 8.00. The normalized spacial score (nSPS) is 41.2. The number of rotatable bonds is 10. The number of ether oxygens (including phenoxy) is 4. The van der Waals surface area contributed by atoms with Gasteiger partial charge in [0.25, 0.3) is 0 Å². The summed E-state index contributed by atoms with van der Waals surface area (Å²) in [4.78, 5) is 5.18. The minimum Gasteiger partial charge on any atom is -0.372 e. The molecule has 6 heteroatoms. The Morgan fingerprint density at radius 2 is 1.24 bits per heavy atom. The minimum absolute atomic E-state index is 0.130. The zero-order valence-electron chi connectivity index (χ0n) is 14.9. The highest BCUT2D eigenvalue weighted by molar-refractivity contribution is 5.28. The Balaban J connectivity index is 1.43. The average molecular weight is 348 g/mol. The van der Waals surface area contributed by atoms with Crippen molar-refractivity contribution in [1.82, 2.24) is 9.80 Å². The molecule has 0 saturated carbocycles. The molecule has 4 atom stereocenters. The minimum atomic E-state index is -0.130. The lowest BCUT2D eigenvalue weighted by molar-refractivity contribution is -0.0352. The number of allylic oxidation sites excluding steroid dienone is 2. The van der Waals surface area contributed by atoms with Crippen molar-refractivity contribution in [1.29, 1.82) is 0 Å². The lowest BCUT2D eigenvalue weighted by Gasteiger charge is -2.50. The van der Waals surface area contributed by atoms with Crippen LogP contribution in [-0.2, 0) is 18.9 Å². The van der Waals surface area contributed by atoms with E-state index in [2.05, 4.69) is 35.0 Å². The molecule has 0 spiro atoms. The molecule has 0 aromatic carbocycles. The summed E-state index contributed by atoms with van der Waals surface area (Å²) in [5, 5.41) is 0. The summed E-state index contributed by atoms with van der Waals surface area (Å²) in [5.41, 5.74) is 1.21. The van der Waals surface area contributed by atoms with E-state index in [4.69, 9.17) is 18.9 Å². The van der Waals surface area contributed by atoms with Crippen LogP contribution in [0.25, 0.3) is 0 Å². The van der Waals surface area contributed by atoms with Crippen molar-refractivity contribution in [3.63, 3.8) is 0 Å². The largest absolute Gasteiger partial charge is 0.372 e. The molecule has 0 amide bonds.